The molecule has 2 amide bonds. The van der Waals surface area contributed by atoms with E-state index in [-0.39, 0.29) is 11.8 Å². The van der Waals surface area contributed by atoms with Crippen molar-refractivity contribution in [2.75, 3.05) is 11.9 Å². The molecule has 0 aliphatic carbocycles. The van der Waals surface area contributed by atoms with Crippen molar-refractivity contribution >= 4 is 17.5 Å². The summed E-state index contributed by atoms with van der Waals surface area (Å²) in [6.07, 6.45) is 4.13. The fourth-order valence-electron chi connectivity index (χ4n) is 2.24. The number of carbonyl (C=O) groups excluding carboxylic acids is 2. The van der Waals surface area contributed by atoms with Crippen molar-refractivity contribution in [2.24, 2.45) is 0 Å². The minimum Gasteiger partial charge on any atom is -0.356 e. The van der Waals surface area contributed by atoms with Gasteiger partial charge in [0, 0.05) is 12.2 Å². The molecule has 1 aromatic carbocycles. The summed E-state index contributed by atoms with van der Waals surface area (Å²) < 4.78 is 0. The van der Waals surface area contributed by atoms with Gasteiger partial charge in [-0.15, -0.1) is 0 Å². The van der Waals surface area contributed by atoms with E-state index >= 15 is 0 Å². The summed E-state index contributed by atoms with van der Waals surface area (Å²) >= 11 is 0. The molecule has 102 valence electrons. The molecule has 1 aromatic rings. The quantitative estimate of drug-likeness (QED) is 0.769. The minimum absolute atomic E-state index is 0.0242. The summed E-state index contributed by atoms with van der Waals surface area (Å²) in [5.74, 6) is 0.0736. The Morgan fingerprint density at radius 3 is 3.00 bits per heavy atom. The summed E-state index contributed by atoms with van der Waals surface area (Å²) in [6.45, 7) is 2.89. The van der Waals surface area contributed by atoms with Gasteiger partial charge in [0.05, 0.1) is 12.8 Å². The molecule has 0 bridgehead atoms. The van der Waals surface area contributed by atoms with Gasteiger partial charge in [0.1, 0.15) is 0 Å². The number of anilines is 1. The van der Waals surface area contributed by atoms with Crippen molar-refractivity contribution in [1.82, 2.24) is 5.32 Å². The van der Waals surface area contributed by atoms with Crippen LogP contribution in [-0.4, -0.2) is 18.4 Å². The summed E-state index contributed by atoms with van der Waals surface area (Å²) in [6, 6.07) is 5.72. The van der Waals surface area contributed by atoms with Gasteiger partial charge in [-0.05, 0) is 23.6 Å². The Hall–Kier alpha value is -1.84. The van der Waals surface area contributed by atoms with Gasteiger partial charge in [-0.1, -0.05) is 31.9 Å². The number of hydrogen-bond donors (Lipinski definition) is 2. The van der Waals surface area contributed by atoms with Crippen LogP contribution < -0.4 is 10.6 Å². The first-order chi connectivity index (χ1) is 9.19. The molecule has 0 saturated heterocycles. The molecule has 0 unspecified atom stereocenters. The summed E-state index contributed by atoms with van der Waals surface area (Å²) in [5, 5.41) is 5.71. The Balaban J connectivity index is 1.84. The first-order valence-corrected chi connectivity index (χ1v) is 6.87. The third-order valence-corrected chi connectivity index (χ3v) is 3.26. The second kappa shape index (κ2) is 6.36. The lowest BCUT2D eigenvalue weighted by Crippen LogP contribution is -2.26. The third kappa shape index (κ3) is 3.81. The number of hydrogen-bond acceptors (Lipinski definition) is 2. The van der Waals surface area contributed by atoms with Gasteiger partial charge < -0.3 is 10.6 Å². The van der Waals surface area contributed by atoms with Crippen molar-refractivity contribution in [3.63, 3.8) is 0 Å². The number of carbonyl (C=O) groups is 2. The molecule has 1 heterocycles. The maximum atomic E-state index is 11.7. The number of unbranched alkanes of at least 4 members (excludes halogenated alkanes) is 2. The molecule has 19 heavy (non-hydrogen) atoms. The molecule has 0 aromatic heterocycles. The SMILES string of the molecule is CCCCCNC(=O)Cc1ccc2c(c1)CC(=O)N2. The van der Waals surface area contributed by atoms with Crippen molar-refractivity contribution in [3.8, 4) is 0 Å². The standard InChI is InChI=1S/C15H20N2O2/c1-2-3-4-7-16-14(18)9-11-5-6-13-12(8-11)10-15(19)17-13/h5-6,8H,2-4,7,9-10H2,1H3,(H,16,18)(H,17,19). The lowest BCUT2D eigenvalue weighted by molar-refractivity contribution is -0.120. The van der Waals surface area contributed by atoms with Crippen LogP contribution in [0.5, 0.6) is 0 Å². The van der Waals surface area contributed by atoms with E-state index in [0.29, 0.717) is 12.8 Å². The molecule has 0 fully saturated rings. The molecule has 2 rings (SSSR count). The Labute approximate surface area is 113 Å². The maximum absolute atomic E-state index is 11.7. The number of nitrogens with one attached hydrogen (secondary N) is 2. The average Bonchev–Trinajstić information content (AvgIpc) is 2.74. The monoisotopic (exact) mass is 260 g/mol. The first kappa shape index (κ1) is 13.6. The van der Waals surface area contributed by atoms with Crippen LogP contribution in [0, 0.1) is 0 Å². The Morgan fingerprint density at radius 2 is 2.21 bits per heavy atom. The van der Waals surface area contributed by atoms with Crippen LogP contribution in [0.3, 0.4) is 0 Å². The highest BCUT2D eigenvalue weighted by atomic mass is 16.2. The predicted molar refractivity (Wildman–Crippen MR) is 75.0 cm³/mol. The van der Waals surface area contributed by atoms with E-state index in [2.05, 4.69) is 17.6 Å². The van der Waals surface area contributed by atoms with Gasteiger partial charge in [-0.3, -0.25) is 9.59 Å². The van der Waals surface area contributed by atoms with Gasteiger partial charge in [0.2, 0.25) is 11.8 Å². The van der Waals surface area contributed by atoms with E-state index in [9.17, 15) is 9.59 Å². The van der Waals surface area contributed by atoms with Crippen LogP contribution in [0.1, 0.15) is 37.3 Å². The molecule has 1 aliphatic heterocycles. The molecule has 0 saturated carbocycles. The highest BCUT2D eigenvalue weighted by molar-refractivity contribution is 5.99. The average molecular weight is 260 g/mol. The van der Waals surface area contributed by atoms with Crippen molar-refractivity contribution in [2.45, 2.75) is 39.0 Å². The highest BCUT2D eigenvalue weighted by Crippen LogP contribution is 2.23. The lowest BCUT2D eigenvalue weighted by Gasteiger charge is -2.06. The minimum atomic E-state index is 0.0242. The van der Waals surface area contributed by atoms with E-state index in [1.165, 1.54) is 0 Å². The largest absolute Gasteiger partial charge is 0.356 e. The van der Waals surface area contributed by atoms with Crippen LogP contribution in [0.15, 0.2) is 18.2 Å². The van der Waals surface area contributed by atoms with Crippen molar-refractivity contribution in [3.05, 3.63) is 29.3 Å². The summed E-state index contributed by atoms with van der Waals surface area (Å²) in [4.78, 5) is 23.0. The molecular formula is C15H20N2O2. The second-order valence-corrected chi connectivity index (χ2v) is 4.95. The zero-order valence-electron chi connectivity index (χ0n) is 11.3. The zero-order chi connectivity index (χ0) is 13.7. The number of rotatable bonds is 6. The number of amides is 2. The van der Waals surface area contributed by atoms with E-state index < -0.39 is 0 Å². The van der Waals surface area contributed by atoms with Crippen molar-refractivity contribution in [1.29, 1.82) is 0 Å². The molecule has 0 spiro atoms. The van der Waals surface area contributed by atoms with Crippen LogP contribution >= 0.6 is 0 Å². The Morgan fingerprint density at radius 1 is 1.37 bits per heavy atom. The Bertz CT molecular complexity index is 483. The number of benzene rings is 1. The van der Waals surface area contributed by atoms with E-state index in [1.807, 2.05) is 18.2 Å². The van der Waals surface area contributed by atoms with Gasteiger partial charge in [-0.25, -0.2) is 0 Å². The highest BCUT2D eigenvalue weighted by Gasteiger charge is 2.17. The lowest BCUT2D eigenvalue weighted by atomic mass is 10.1. The van der Waals surface area contributed by atoms with Gasteiger partial charge in [0.15, 0.2) is 0 Å². The van der Waals surface area contributed by atoms with Crippen LogP contribution in [-0.2, 0) is 22.4 Å². The van der Waals surface area contributed by atoms with Crippen LogP contribution in [0.2, 0.25) is 0 Å². The molecule has 1 aliphatic rings. The van der Waals surface area contributed by atoms with Gasteiger partial charge in [-0.2, -0.15) is 0 Å². The zero-order valence-corrected chi connectivity index (χ0v) is 11.3. The third-order valence-electron chi connectivity index (χ3n) is 3.26. The second-order valence-electron chi connectivity index (χ2n) is 4.95. The first-order valence-electron chi connectivity index (χ1n) is 6.87. The van der Waals surface area contributed by atoms with E-state index in [4.69, 9.17) is 0 Å². The van der Waals surface area contributed by atoms with E-state index in [0.717, 1.165) is 42.6 Å². The Kier molecular flexibility index (Phi) is 4.55. The van der Waals surface area contributed by atoms with Crippen LogP contribution in [0.25, 0.3) is 0 Å². The predicted octanol–water partition coefficient (Wildman–Crippen LogP) is 2.03. The smallest absolute Gasteiger partial charge is 0.228 e. The van der Waals surface area contributed by atoms with Crippen molar-refractivity contribution < 1.29 is 9.59 Å². The van der Waals surface area contributed by atoms with Crippen LogP contribution in [0.4, 0.5) is 5.69 Å². The summed E-state index contributed by atoms with van der Waals surface area (Å²) in [5.41, 5.74) is 2.82. The normalized spacial score (nSPS) is 13.0. The van der Waals surface area contributed by atoms with Gasteiger partial charge >= 0.3 is 0 Å². The fourth-order valence-corrected chi connectivity index (χ4v) is 2.24. The molecule has 0 radical (unpaired) electrons. The summed E-state index contributed by atoms with van der Waals surface area (Å²) in [7, 11) is 0. The molecule has 0 atom stereocenters. The fraction of sp³-hybridized carbons (Fsp3) is 0.467. The van der Waals surface area contributed by atoms with E-state index in [1.54, 1.807) is 0 Å². The molecule has 4 heteroatoms. The topological polar surface area (TPSA) is 58.2 Å². The number of fused-ring (bicyclic) bond motifs is 1. The molecular weight excluding hydrogens is 240 g/mol. The molecule has 4 nitrogen and oxygen atoms in total. The molecule has 2 N–H and O–H groups in total. The maximum Gasteiger partial charge on any atom is 0.228 e. The van der Waals surface area contributed by atoms with Gasteiger partial charge in [0.25, 0.3) is 0 Å².